The van der Waals surface area contributed by atoms with E-state index in [1.54, 1.807) is 23.4 Å². The van der Waals surface area contributed by atoms with Gasteiger partial charge >= 0.3 is 0 Å². The molecule has 0 aromatic carbocycles. The third-order valence-electron chi connectivity index (χ3n) is 3.19. The number of hydrogen-bond donors (Lipinski definition) is 0. The van der Waals surface area contributed by atoms with Gasteiger partial charge in [0, 0.05) is 26.5 Å². The average Bonchev–Trinajstić information content (AvgIpc) is 3.19. The standard InChI is InChI=1S/C13H11N7O/c1-19-7-15-10-3-8(4-14-12(10)19)13-17-11(18-21-13)9-5-16-20(2)6-9/h3-7H,1-2H3. The van der Waals surface area contributed by atoms with Crippen molar-refractivity contribution < 1.29 is 4.52 Å². The first-order valence-electron chi connectivity index (χ1n) is 6.31. The first-order chi connectivity index (χ1) is 10.2. The highest BCUT2D eigenvalue weighted by Crippen LogP contribution is 2.23. The van der Waals surface area contributed by atoms with Crippen molar-refractivity contribution in [1.82, 2.24) is 34.5 Å². The lowest BCUT2D eigenvalue weighted by atomic mass is 10.2. The predicted octanol–water partition coefficient (Wildman–Crippen LogP) is 1.42. The van der Waals surface area contributed by atoms with Crippen LogP contribution in [0.5, 0.6) is 0 Å². The lowest BCUT2D eigenvalue weighted by molar-refractivity contribution is 0.432. The second kappa shape index (κ2) is 4.23. The summed E-state index contributed by atoms with van der Waals surface area (Å²) >= 11 is 0. The summed E-state index contributed by atoms with van der Waals surface area (Å²) in [6.07, 6.45) is 6.94. The van der Waals surface area contributed by atoms with Crippen molar-refractivity contribution >= 4 is 11.2 Å². The molecule has 8 heteroatoms. The van der Waals surface area contributed by atoms with Gasteiger partial charge in [0.2, 0.25) is 5.82 Å². The number of imidazole rings is 1. The molecule has 0 saturated heterocycles. The van der Waals surface area contributed by atoms with Gasteiger partial charge in [0.15, 0.2) is 5.65 Å². The van der Waals surface area contributed by atoms with Crippen LogP contribution in [0.1, 0.15) is 0 Å². The Hall–Kier alpha value is -3.03. The third kappa shape index (κ3) is 1.88. The molecule has 0 aliphatic heterocycles. The van der Waals surface area contributed by atoms with Crippen LogP contribution in [-0.2, 0) is 14.1 Å². The minimum absolute atomic E-state index is 0.411. The molecule has 0 N–H and O–H groups in total. The summed E-state index contributed by atoms with van der Waals surface area (Å²) in [5.41, 5.74) is 3.14. The van der Waals surface area contributed by atoms with Gasteiger partial charge in [-0.05, 0) is 6.07 Å². The quantitative estimate of drug-likeness (QED) is 0.552. The second-order valence-corrected chi connectivity index (χ2v) is 4.75. The summed E-state index contributed by atoms with van der Waals surface area (Å²) in [6, 6.07) is 1.88. The van der Waals surface area contributed by atoms with Gasteiger partial charge in [-0.2, -0.15) is 10.1 Å². The molecule has 4 rings (SSSR count). The van der Waals surface area contributed by atoms with Crippen LogP contribution in [-0.4, -0.2) is 34.5 Å². The molecule has 0 spiro atoms. The molecule has 8 nitrogen and oxygen atoms in total. The van der Waals surface area contributed by atoms with Gasteiger partial charge in [0.05, 0.1) is 23.7 Å². The van der Waals surface area contributed by atoms with E-state index in [1.807, 2.05) is 30.9 Å². The van der Waals surface area contributed by atoms with E-state index >= 15 is 0 Å². The van der Waals surface area contributed by atoms with Crippen LogP contribution in [0, 0.1) is 0 Å². The number of pyridine rings is 1. The van der Waals surface area contributed by atoms with Gasteiger partial charge < -0.3 is 9.09 Å². The number of nitrogens with zero attached hydrogens (tertiary/aromatic N) is 7. The molecule has 0 bridgehead atoms. The maximum Gasteiger partial charge on any atom is 0.259 e. The van der Waals surface area contributed by atoms with Crippen LogP contribution in [0.2, 0.25) is 0 Å². The topological polar surface area (TPSA) is 87.5 Å². The summed E-state index contributed by atoms with van der Waals surface area (Å²) in [5.74, 6) is 0.910. The lowest BCUT2D eigenvalue weighted by Gasteiger charge is -1.95. The van der Waals surface area contributed by atoms with Crippen molar-refractivity contribution in [3.63, 3.8) is 0 Å². The number of hydrogen-bond acceptors (Lipinski definition) is 6. The van der Waals surface area contributed by atoms with E-state index in [4.69, 9.17) is 4.52 Å². The summed E-state index contributed by atoms with van der Waals surface area (Å²) in [6.45, 7) is 0. The third-order valence-corrected chi connectivity index (χ3v) is 3.19. The summed E-state index contributed by atoms with van der Waals surface area (Å²) in [7, 11) is 3.73. The lowest BCUT2D eigenvalue weighted by Crippen LogP contribution is -1.88. The Kier molecular flexibility index (Phi) is 2.37. The van der Waals surface area contributed by atoms with Gasteiger partial charge in [-0.15, -0.1) is 0 Å². The Morgan fingerprint density at radius 3 is 2.81 bits per heavy atom. The minimum Gasteiger partial charge on any atom is -0.334 e. The molecule has 21 heavy (non-hydrogen) atoms. The minimum atomic E-state index is 0.411. The van der Waals surface area contributed by atoms with Crippen molar-refractivity contribution in [3.8, 4) is 22.8 Å². The molecule has 0 fully saturated rings. The average molecular weight is 281 g/mol. The molecule has 4 heterocycles. The Morgan fingerprint density at radius 1 is 1.10 bits per heavy atom. The van der Waals surface area contributed by atoms with Gasteiger partial charge in [0.25, 0.3) is 5.89 Å². The fourth-order valence-electron chi connectivity index (χ4n) is 2.13. The zero-order valence-electron chi connectivity index (χ0n) is 11.4. The molecule has 4 aromatic heterocycles. The van der Waals surface area contributed by atoms with Gasteiger partial charge in [-0.25, -0.2) is 9.97 Å². The van der Waals surface area contributed by atoms with Crippen molar-refractivity contribution in [2.75, 3.05) is 0 Å². The van der Waals surface area contributed by atoms with Crippen LogP contribution in [0.4, 0.5) is 0 Å². The smallest absolute Gasteiger partial charge is 0.259 e. The van der Waals surface area contributed by atoms with E-state index in [9.17, 15) is 0 Å². The van der Waals surface area contributed by atoms with Gasteiger partial charge in [-0.3, -0.25) is 4.68 Å². The molecule has 0 radical (unpaired) electrons. The monoisotopic (exact) mass is 281 g/mol. The van der Waals surface area contributed by atoms with E-state index in [-0.39, 0.29) is 0 Å². The molecule has 0 aliphatic rings. The molecule has 0 amide bonds. The van der Waals surface area contributed by atoms with Crippen LogP contribution < -0.4 is 0 Å². The van der Waals surface area contributed by atoms with E-state index in [0.717, 1.165) is 22.3 Å². The molecule has 0 saturated carbocycles. The number of aromatic nitrogens is 7. The summed E-state index contributed by atoms with van der Waals surface area (Å²) in [5, 5.41) is 8.06. The van der Waals surface area contributed by atoms with Crippen molar-refractivity contribution in [1.29, 1.82) is 0 Å². The molecule has 104 valence electrons. The van der Waals surface area contributed by atoms with E-state index in [1.165, 1.54) is 0 Å². The number of fused-ring (bicyclic) bond motifs is 1. The van der Waals surface area contributed by atoms with Crippen LogP contribution >= 0.6 is 0 Å². The maximum atomic E-state index is 5.30. The molecule has 4 aromatic rings. The first kappa shape index (κ1) is 11.8. The summed E-state index contributed by atoms with van der Waals surface area (Å²) in [4.78, 5) is 13.0. The van der Waals surface area contributed by atoms with Crippen molar-refractivity contribution in [2.45, 2.75) is 0 Å². The molecule has 0 aliphatic carbocycles. The highest BCUT2D eigenvalue weighted by Gasteiger charge is 2.13. The van der Waals surface area contributed by atoms with Crippen LogP contribution in [0.15, 0.2) is 35.5 Å². The summed E-state index contributed by atoms with van der Waals surface area (Å²) < 4.78 is 8.84. The maximum absolute atomic E-state index is 5.30. The predicted molar refractivity (Wildman–Crippen MR) is 74.0 cm³/mol. The van der Waals surface area contributed by atoms with Crippen LogP contribution in [0.25, 0.3) is 34.0 Å². The van der Waals surface area contributed by atoms with Gasteiger partial charge in [0.1, 0.15) is 5.52 Å². The van der Waals surface area contributed by atoms with Crippen LogP contribution in [0.3, 0.4) is 0 Å². The largest absolute Gasteiger partial charge is 0.334 e. The normalized spacial score (nSPS) is 11.3. The Bertz CT molecular complexity index is 933. The van der Waals surface area contributed by atoms with Crippen molar-refractivity contribution in [3.05, 3.63) is 31.0 Å². The van der Waals surface area contributed by atoms with E-state index < -0.39 is 0 Å². The van der Waals surface area contributed by atoms with E-state index in [0.29, 0.717) is 11.7 Å². The number of rotatable bonds is 2. The number of aryl methyl sites for hydroxylation is 2. The van der Waals surface area contributed by atoms with E-state index in [2.05, 4.69) is 25.2 Å². The Balaban J connectivity index is 1.76. The SMILES string of the molecule is Cn1cc(-c2noc(-c3cnc4c(c3)ncn4C)n2)cn1. The van der Waals surface area contributed by atoms with Crippen molar-refractivity contribution in [2.24, 2.45) is 14.1 Å². The molecule has 0 unspecified atom stereocenters. The highest BCUT2D eigenvalue weighted by molar-refractivity contribution is 5.76. The fourth-order valence-corrected chi connectivity index (χ4v) is 2.13. The molecular weight excluding hydrogens is 270 g/mol. The first-order valence-corrected chi connectivity index (χ1v) is 6.31. The zero-order chi connectivity index (χ0) is 14.4. The van der Waals surface area contributed by atoms with Gasteiger partial charge in [-0.1, -0.05) is 5.16 Å². The highest BCUT2D eigenvalue weighted by atomic mass is 16.5. The Morgan fingerprint density at radius 2 is 2.00 bits per heavy atom. The molecular formula is C13H11N7O. The molecule has 0 atom stereocenters. The second-order valence-electron chi connectivity index (χ2n) is 4.75. The zero-order valence-corrected chi connectivity index (χ0v) is 11.4. The Labute approximate surface area is 119 Å². The fraction of sp³-hybridized carbons (Fsp3) is 0.154.